The lowest BCUT2D eigenvalue weighted by atomic mass is 10.0. The molecule has 0 N–H and O–H groups in total. The van der Waals surface area contributed by atoms with E-state index in [-0.39, 0.29) is 17.7 Å². The molecule has 0 heterocycles. The quantitative estimate of drug-likeness (QED) is 0.488. The van der Waals surface area contributed by atoms with Gasteiger partial charge >= 0.3 is 5.97 Å². The number of ether oxygens (including phenoxy) is 1. The SMILES string of the molecule is COC(=O)C1Cc2ccc(C(=O)CBr)cc2C1. The van der Waals surface area contributed by atoms with Crippen LogP contribution in [-0.2, 0) is 22.4 Å². The topological polar surface area (TPSA) is 43.4 Å². The number of esters is 1. The van der Waals surface area contributed by atoms with Gasteiger partial charge in [0.1, 0.15) is 0 Å². The van der Waals surface area contributed by atoms with E-state index < -0.39 is 0 Å². The van der Waals surface area contributed by atoms with E-state index in [2.05, 4.69) is 15.9 Å². The number of hydrogen-bond acceptors (Lipinski definition) is 3. The van der Waals surface area contributed by atoms with E-state index in [1.165, 1.54) is 7.11 Å². The van der Waals surface area contributed by atoms with E-state index in [4.69, 9.17) is 4.74 Å². The van der Waals surface area contributed by atoms with E-state index in [0.29, 0.717) is 23.7 Å². The largest absolute Gasteiger partial charge is 0.469 e. The van der Waals surface area contributed by atoms with Crippen LogP contribution in [0.4, 0.5) is 0 Å². The molecule has 0 bridgehead atoms. The molecule has 1 aliphatic carbocycles. The number of carbonyl (C=O) groups is 2. The van der Waals surface area contributed by atoms with Gasteiger partial charge in [-0.2, -0.15) is 0 Å². The molecule has 0 radical (unpaired) electrons. The first kappa shape index (κ1) is 12.3. The standard InChI is InChI=1S/C13H13BrO3/c1-17-13(16)11-4-8-2-3-9(12(15)7-14)5-10(8)6-11/h2-3,5,11H,4,6-7H2,1H3. The summed E-state index contributed by atoms with van der Waals surface area (Å²) in [6.07, 6.45) is 1.39. The predicted octanol–water partition coefficient (Wildman–Crippen LogP) is 2.15. The molecule has 4 heteroatoms. The van der Waals surface area contributed by atoms with Gasteiger partial charge in [-0.3, -0.25) is 9.59 Å². The zero-order chi connectivity index (χ0) is 12.4. The maximum Gasteiger partial charge on any atom is 0.309 e. The van der Waals surface area contributed by atoms with Crippen molar-refractivity contribution in [2.45, 2.75) is 12.8 Å². The Morgan fingerprint density at radius 3 is 2.71 bits per heavy atom. The number of hydrogen-bond donors (Lipinski definition) is 0. The maximum absolute atomic E-state index is 11.5. The van der Waals surface area contributed by atoms with Crippen LogP contribution in [0.25, 0.3) is 0 Å². The number of carbonyl (C=O) groups excluding carboxylic acids is 2. The molecule has 90 valence electrons. The van der Waals surface area contributed by atoms with Crippen molar-refractivity contribution in [2.75, 3.05) is 12.4 Å². The molecule has 0 saturated carbocycles. The van der Waals surface area contributed by atoms with Gasteiger partial charge < -0.3 is 4.74 Å². The highest BCUT2D eigenvalue weighted by atomic mass is 79.9. The molecule has 0 fully saturated rings. The molecule has 1 aromatic carbocycles. The van der Waals surface area contributed by atoms with Gasteiger partial charge in [0.2, 0.25) is 0 Å². The molecular weight excluding hydrogens is 284 g/mol. The summed E-state index contributed by atoms with van der Waals surface area (Å²) in [6, 6.07) is 5.65. The van der Waals surface area contributed by atoms with Crippen molar-refractivity contribution in [3.8, 4) is 0 Å². The summed E-state index contributed by atoms with van der Waals surface area (Å²) < 4.78 is 4.75. The molecule has 1 aliphatic rings. The third-order valence-corrected chi connectivity index (χ3v) is 3.63. The van der Waals surface area contributed by atoms with Gasteiger partial charge in [0.25, 0.3) is 0 Å². The molecule has 0 saturated heterocycles. The molecular formula is C13H13BrO3. The van der Waals surface area contributed by atoms with Crippen LogP contribution in [0.5, 0.6) is 0 Å². The van der Waals surface area contributed by atoms with E-state index in [0.717, 1.165) is 11.1 Å². The fourth-order valence-electron chi connectivity index (χ4n) is 2.20. The highest BCUT2D eigenvalue weighted by Gasteiger charge is 2.28. The number of ketones is 1. The van der Waals surface area contributed by atoms with Crippen molar-refractivity contribution < 1.29 is 14.3 Å². The minimum atomic E-state index is -0.172. The zero-order valence-corrected chi connectivity index (χ0v) is 11.1. The first-order valence-electron chi connectivity index (χ1n) is 5.44. The fourth-order valence-corrected chi connectivity index (χ4v) is 2.53. The molecule has 0 amide bonds. The van der Waals surface area contributed by atoms with Crippen LogP contribution in [0.3, 0.4) is 0 Å². The zero-order valence-electron chi connectivity index (χ0n) is 9.53. The maximum atomic E-state index is 11.5. The van der Waals surface area contributed by atoms with Gasteiger partial charge in [0, 0.05) is 5.56 Å². The number of Topliss-reactive ketones (excluding diaryl/α,β-unsaturated/α-hetero) is 1. The molecule has 17 heavy (non-hydrogen) atoms. The third kappa shape index (κ3) is 2.41. The Morgan fingerprint density at radius 1 is 1.35 bits per heavy atom. The summed E-state index contributed by atoms with van der Waals surface area (Å²) in [4.78, 5) is 23.0. The number of benzene rings is 1. The van der Waals surface area contributed by atoms with Gasteiger partial charge in [-0.05, 0) is 30.0 Å². The van der Waals surface area contributed by atoms with E-state index in [9.17, 15) is 9.59 Å². The Bertz CT molecular complexity index is 468. The second-order valence-corrected chi connectivity index (χ2v) is 4.73. The molecule has 0 aliphatic heterocycles. The second kappa shape index (κ2) is 5.00. The lowest BCUT2D eigenvalue weighted by molar-refractivity contribution is -0.145. The van der Waals surface area contributed by atoms with Crippen LogP contribution in [0.2, 0.25) is 0 Å². The Kier molecular flexibility index (Phi) is 3.62. The summed E-state index contributed by atoms with van der Waals surface area (Å²) in [7, 11) is 1.41. The lowest BCUT2D eigenvalue weighted by Gasteiger charge is -2.04. The van der Waals surface area contributed by atoms with Crippen LogP contribution >= 0.6 is 15.9 Å². The normalized spacial score (nSPS) is 17.6. The van der Waals surface area contributed by atoms with Gasteiger partial charge in [-0.1, -0.05) is 28.1 Å². The lowest BCUT2D eigenvalue weighted by Crippen LogP contribution is -2.15. The van der Waals surface area contributed by atoms with Crippen LogP contribution in [0.15, 0.2) is 18.2 Å². The van der Waals surface area contributed by atoms with Crippen molar-refractivity contribution in [1.29, 1.82) is 0 Å². The Hall–Kier alpha value is -1.16. The Morgan fingerprint density at radius 2 is 2.06 bits per heavy atom. The van der Waals surface area contributed by atoms with Crippen LogP contribution in [-0.4, -0.2) is 24.2 Å². The Labute approximate surface area is 108 Å². The van der Waals surface area contributed by atoms with Gasteiger partial charge in [0.15, 0.2) is 5.78 Å². The third-order valence-electron chi connectivity index (χ3n) is 3.12. The molecule has 1 unspecified atom stereocenters. The summed E-state index contributed by atoms with van der Waals surface area (Å²) >= 11 is 3.15. The predicted molar refractivity (Wildman–Crippen MR) is 67.5 cm³/mol. The van der Waals surface area contributed by atoms with Crippen molar-refractivity contribution in [3.05, 3.63) is 34.9 Å². The second-order valence-electron chi connectivity index (χ2n) is 4.17. The van der Waals surface area contributed by atoms with Crippen LogP contribution < -0.4 is 0 Å². The summed E-state index contributed by atoms with van der Waals surface area (Å²) in [5, 5.41) is 0.326. The number of methoxy groups -OCH3 is 1. The van der Waals surface area contributed by atoms with Crippen molar-refractivity contribution in [3.63, 3.8) is 0 Å². The van der Waals surface area contributed by atoms with Crippen molar-refractivity contribution >= 4 is 27.7 Å². The van der Waals surface area contributed by atoms with E-state index in [1.807, 2.05) is 18.2 Å². The molecule has 3 nitrogen and oxygen atoms in total. The average molecular weight is 297 g/mol. The summed E-state index contributed by atoms with van der Waals surface area (Å²) in [5.41, 5.74) is 2.94. The number of rotatable bonds is 3. The summed E-state index contributed by atoms with van der Waals surface area (Å²) in [5.74, 6) is -0.201. The number of fused-ring (bicyclic) bond motifs is 1. The first-order chi connectivity index (χ1) is 8.15. The minimum absolute atomic E-state index is 0.0642. The van der Waals surface area contributed by atoms with Crippen molar-refractivity contribution in [1.82, 2.24) is 0 Å². The molecule has 1 atom stereocenters. The van der Waals surface area contributed by atoms with Crippen LogP contribution in [0.1, 0.15) is 21.5 Å². The van der Waals surface area contributed by atoms with E-state index >= 15 is 0 Å². The molecule has 1 aromatic rings. The fraction of sp³-hybridized carbons (Fsp3) is 0.385. The highest BCUT2D eigenvalue weighted by Crippen LogP contribution is 2.28. The van der Waals surface area contributed by atoms with Gasteiger partial charge in [0.05, 0.1) is 18.4 Å². The highest BCUT2D eigenvalue weighted by molar-refractivity contribution is 9.09. The summed E-state index contributed by atoms with van der Waals surface area (Å²) in [6.45, 7) is 0. The smallest absolute Gasteiger partial charge is 0.309 e. The van der Waals surface area contributed by atoms with Gasteiger partial charge in [-0.15, -0.1) is 0 Å². The number of alkyl halides is 1. The Balaban J connectivity index is 2.22. The minimum Gasteiger partial charge on any atom is -0.469 e. The first-order valence-corrected chi connectivity index (χ1v) is 6.56. The molecule has 0 spiro atoms. The number of halogens is 1. The van der Waals surface area contributed by atoms with E-state index in [1.54, 1.807) is 0 Å². The molecule has 2 rings (SSSR count). The van der Waals surface area contributed by atoms with Crippen LogP contribution in [0, 0.1) is 5.92 Å². The average Bonchev–Trinajstić information content (AvgIpc) is 2.79. The monoisotopic (exact) mass is 296 g/mol. The van der Waals surface area contributed by atoms with Crippen molar-refractivity contribution in [2.24, 2.45) is 5.92 Å². The molecule has 0 aromatic heterocycles. The van der Waals surface area contributed by atoms with Gasteiger partial charge in [-0.25, -0.2) is 0 Å².